The second-order valence-electron chi connectivity index (χ2n) is 7.32. The minimum atomic E-state index is -1.97. The van der Waals surface area contributed by atoms with Gasteiger partial charge in [0.1, 0.15) is 41.1 Å². The van der Waals surface area contributed by atoms with Crippen LogP contribution in [0, 0.1) is 0 Å². The van der Waals surface area contributed by atoms with Gasteiger partial charge in [0.15, 0.2) is 23.4 Å². The molecule has 12 nitrogen and oxygen atoms in total. The first kappa shape index (κ1) is 24.8. The third-order valence-corrected chi connectivity index (χ3v) is 5.00. The van der Waals surface area contributed by atoms with Gasteiger partial charge < -0.3 is 50.0 Å². The average molecular weight is 478 g/mol. The van der Waals surface area contributed by atoms with Crippen molar-refractivity contribution in [1.82, 2.24) is 0 Å². The molecule has 5 unspecified atom stereocenters. The number of allylic oxidation sites excluding steroid dienone is 1. The smallest absolute Gasteiger partial charge is 0.335 e. The van der Waals surface area contributed by atoms with Gasteiger partial charge >= 0.3 is 5.97 Å². The third kappa shape index (κ3) is 5.05. The van der Waals surface area contributed by atoms with Gasteiger partial charge in [-0.25, -0.2) is 4.79 Å². The largest absolute Gasteiger partial charge is 0.508 e. The highest BCUT2D eigenvalue weighted by Gasteiger charge is 2.48. The molecule has 34 heavy (non-hydrogen) atoms. The first-order valence-electron chi connectivity index (χ1n) is 9.78. The lowest BCUT2D eigenvalue weighted by Gasteiger charge is -2.38. The number of benzene rings is 2. The number of carboxylic acids is 1. The van der Waals surface area contributed by atoms with Crippen molar-refractivity contribution < 1.29 is 59.5 Å². The Morgan fingerprint density at radius 3 is 2.26 bits per heavy atom. The van der Waals surface area contributed by atoms with Gasteiger partial charge in [-0.1, -0.05) is 12.1 Å². The van der Waals surface area contributed by atoms with Gasteiger partial charge in [-0.2, -0.15) is 0 Å². The van der Waals surface area contributed by atoms with Gasteiger partial charge in [0.2, 0.25) is 6.29 Å². The predicted molar refractivity (Wildman–Crippen MR) is 113 cm³/mol. The zero-order valence-electron chi connectivity index (χ0n) is 17.6. The molecule has 1 saturated heterocycles. The van der Waals surface area contributed by atoms with Crippen LogP contribution < -0.4 is 9.47 Å². The molecule has 0 aromatic heterocycles. The third-order valence-electron chi connectivity index (χ3n) is 5.00. The maximum absolute atomic E-state index is 12.8. The summed E-state index contributed by atoms with van der Waals surface area (Å²) in [6, 6.07) is 6.09. The summed E-state index contributed by atoms with van der Waals surface area (Å²) in [5.41, 5.74) is -0.0742. The number of aliphatic carboxylic acids is 1. The lowest BCUT2D eigenvalue weighted by atomic mass is 9.99. The quantitative estimate of drug-likeness (QED) is 0.207. The van der Waals surface area contributed by atoms with Gasteiger partial charge in [0.25, 0.3) is 0 Å². The summed E-state index contributed by atoms with van der Waals surface area (Å²) in [5.74, 6) is -4.17. The molecule has 7 N–H and O–H groups in total. The lowest BCUT2D eigenvalue weighted by Crippen LogP contribution is -2.61. The van der Waals surface area contributed by atoms with Crippen LogP contribution in [-0.2, 0) is 9.53 Å². The van der Waals surface area contributed by atoms with Crippen LogP contribution in [0.4, 0.5) is 0 Å². The number of hydrogen-bond donors (Lipinski definition) is 7. The Balaban J connectivity index is 1.91. The minimum Gasteiger partial charge on any atom is -0.508 e. The fourth-order valence-electron chi connectivity index (χ4n) is 3.27. The van der Waals surface area contributed by atoms with E-state index in [1.165, 1.54) is 25.3 Å². The molecule has 182 valence electrons. The Bertz CT molecular complexity index is 1110. The van der Waals surface area contributed by atoms with E-state index in [-0.39, 0.29) is 11.5 Å². The molecule has 1 aliphatic rings. The van der Waals surface area contributed by atoms with Crippen LogP contribution in [0.25, 0.3) is 6.08 Å². The number of phenolic OH excluding ortho intramolecular Hbond substituents is 3. The zero-order chi connectivity index (χ0) is 25.2. The highest BCUT2D eigenvalue weighted by molar-refractivity contribution is 6.10. The standard InChI is InChI=1S/C22H22O12/c1-32-14-5-3-9(6-12(14)25)2-4-11(24)16-13(26)7-10(23)8-15(16)33-22-19(29)17(27)18(28)20(34-22)21(30)31/h2-8,17-20,22-23,25-29H,1H3,(H,30,31). The summed E-state index contributed by atoms with van der Waals surface area (Å²) >= 11 is 0. The molecule has 1 fully saturated rings. The van der Waals surface area contributed by atoms with Crippen molar-refractivity contribution in [3.63, 3.8) is 0 Å². The molecule has 0 saturated carbocycles. The Morgan fingerprint density at radius 2 is 1.65 bits per heavy atom. The van der Waals surface area contributed by atoms with E-state index in [1.807, 2.05) is 0 Å². The van der Waals surface area contributed by atoms with E-state index >= 15 is 0 Å². The van der Waals surface area contributed by atoms with E-state index in [4.69, 9.17) is 19.3 Å². The topological polar surface area (TPSA) is 203 Å². The van der Waals surface area contributed by atoms with Crippen molar-refractivity contribution in [2.24, 2.45) is 0 Å². The van der Waals surface area contributed by atoms with Crippen LogP contribution in [0.5, 0.6) is 28.7 Å². The first-order valence-corrected chi connectivity index (χ1v) is 9.78. The zero-order valence-corrected chi connectivity index (χ0v) is 17.6. The Morgan fingerprint density at radius 1 is 0.941 bits per heavy atom. The number of aliphatic hydroxyl groups excluding tert-OH is 3. The second kappa shape index (κ2) is 9.97. The van der Waals surface area contributed by atoms with Crippen LogP contribution in [0.1, 0.15) is 15.9 Å². The van der Waals surface area contributed by atoms with Crippen LogP contribution in [0.15, 0.2) is 36.4 Å². The number of methoxy groups -OCH3 is 1. The van der Waals surface area contributed by atoms with E-state index in [0.29, 0.717) is 5.56 Å². The van der Waals surface area contributed by atoms with E-state index in [9.17, 15) is 40.2 Å². The van der Waals surface area contributed by atoms with Gasteiger partial charge in [0, 0.05) is 12.1 Å². The number of carbonyl (C=O) groups is 2. The molecule has 2 aromatic carbocycles. The normalized spacial score (nSPS) is 24.6. The van der Waals surface area contributed by atoms with Gasteiger partial charge in [0.05, 0.1) is 7.11 Å². The molecular formula is C22H22O12. The lowest BCUT2D eigenvalue weighted by molar-refractivity contribution is -0.271. The molecular weight excluding hydrogens is 456 g/mol. The Labute approximate surface area is 192 Å². The number of ketones is 1. The molecule has 3 rings (SSSR count). The number of rotatable bonds is 7. The van der Waals surface area contributed by atoms with Gasteiger partial charge in [-0.3, -0.25) is 4.79 Å². The van der Waals surface area contributed by atoms with Crippen molar-refractivity contribution in [3.8, 4) is 28.7 Å². The van der Waals surface area contributed by atoms with Crippen molar-refractivity contribution >= 4 is 17.8 Å². The Kier molecular flexibility index (Phi) is 7.27. The summed E-state index contributed by atoms with van der Waals surface area (Å²) in [7, 11) is 1.37. The number of phenols is 3. The molecule has 0 aliphatic carbocycles. The number of aromatic hydroxyl groups is 3. The fraction of sp³-hybridized carbons (Fsp3) is 0.273. The minimum absolute atomic E-state index is 0.175. The van der Waals surface area contributed by atoms with Gasteiger partial charge in [-0.15, -0.1) is 0 Å². The molecule has 2 aromatic rings. The fourth-order valence-corrected chi connectivity index (χ4v) is 3.27. The SMILES string of the molecule is COc1ccc(C=CC(=O)c2c(O)cc(O)cc2OC2OC(C(=O)O)C(O)C(O)C2O)cc1O. The van der Waals surface area contributed by atoms with Crippen LogP contribution in [0.3, 0.4) is 0 Å². The monoisotopic (exact) mass is 478 g/mol. The average Bonchev–Trinajstić information content (AvgIpc) is 2.77. The number of hydrogen-bond acceptors (Lipinski definition) is 11. The molecule has 0 radical (unpaired) electrons. The molecule has 0 bridgehead atoms. The number of carboxylic acid groups (broad SMARTS) is 1. The Hall–Kier alpha value is -3.84. The molecule has 1 heterocycles. The van der Waals surface area contributed by atoms with Crippen molar-refractivity contribution in [1.29, 1.82) is 0 Å². The number of carbonyl (C=O) groups excluding carboxylic acids is 1. The summed E-state index contributed by atoms with van der Waals surface area (Å²) in [6.45, 7) is 0. The first-order chi connectivity index (χ1) is 16.0. The maximum atomic E-state index is 12.8. The predicted octanol–water partition coefficient (Wildman–Crippen LogP) is -0.0209. The van der Waals surface area contributed by atoms with Crippen LogP contribution in [-0.4, -0.2) is 85.3 Å². The van der Waals surface area contributed by atoms with Crippen LogP contribution >= 0.6 is 0 Å². The molecule has 0 spiro atoms. The molecule has 12 heteroatoms. The summed E-state index contributed by atoms with van der Waals surface area (Å²) in [5, 5.41) is 68.9. The van der Waals surface area contributed by atoms with Gasteiger partial charge in [-0.05, 0) is 23.8 Å². The van der Waals surface area contributed by atoms with E-state index < -0.39 is 65.3 Å². The summed E-state index contributed by atoms with van der Waals surface area (Å²) < 4.78 is 15.3. The number of aliphatic hydroxyl groups is 3. The van der Waals surface area contributed by atoms with Crippen molar-refractivity contribution in [3.05, 3.63) is 47.5 Å². The van der Waals surface area contributed by atoms with E-state index in [2.05, 4.69) is 0 Å². The summed E-state index contributed by atoms with van der Waals surface area (Å²) in [4.78, 5) is 24.1. The molecule has 5 atom stereocenters. The second-order valence-corrected chi connectivity index (χ2v) is 7.32. The maximum Gasteiger partial charge on any atom is 0.335 e. The molecule has 1 aliphatic heterocycles. The molecule has 0 amide bonds. The van der Waals surface area contributed by atoms with Crippen molar-refractivity contribution in [2.45, 2.75) is 30.7 Å². The van der Waals surface area contributed by atoms with Crippen molar-refractivity contribution in [2.75, 3.05) is 7.11 Å². The highest BCUT2D eigenvalue weighted by Crippen LogP contribution is 2.36. The highest BCUT2D eigenvalue weighted by atomic mass is 16.7. The van der Waals surface area contributed by atoms with E-state index in [0.717, 1.165) is 18.2 Å². The van der Waals surface area contributed by atoms with E-state index in [1.54, 1.807) is 6.07 Å². The summed E-state index contributed by atoms with van der Waals surface area (Å²) in [6.07, 6.45) is -7.37. The van der Waals surface area contributed by atoms with Crippen LogP contribution in [0.2, 0.25) is 0 Å². The number of ether oxygens (including phenoxy) is 3.